The fourth-order valence-corrected chi connectivity index (χ4v) is 1.82. The lowest BCUT2D eigenvalue weighted by atomic mass is 10.0. The van der Waals surface area contributed by atoms with E-state index >= 15 is 0 Å². The number of nitrogens with zero attached hydrogens (tertiary/aromatic N) is 2. The Morgan fingerprint density at radius 2 is 2.44 bits per heavy atom. The first-order chi connectivity index (χ1) is 8.18. The van der Waals surface area contributed by atoms with Crippen molar-refractivity contribution in [3.05, 3.63) is 24.4 Å². The Morgan fingerprint density at radius 1 is 1.61 bits per heavy atom. The average molecular weight is 362 g/mol. The van der Waals surface area contributed by atoms with Crippen molar-refractivity contribution in [3.8, 4) is 0 Å². The molecule has 100 valence electrons. The van der Waals surface area contributed by atoms with E-state index in [1.807, 2.05) is 18.2 Å². The van der Waals surface area contributed by atoms with Crippen LogP contribution in [-0.2, 0) is 4.74 Å². The summed E-state index contributed by atoms with van der Waals surface area (Å²) in [6.07, 6.45) is 3.84. The summed E-state index contributed by atoms with van der Waals surface area (Å²) in [6, 6.07) is 5.59. The number of aliphatic imine (C=N–C) groups is 1. The number of hydrogen-bond donors (Lipinski definition) is 2. The van der Waals surface area contributed by atoms with Crippen LogP contribution < -0.4 is 11.1 Å². The highest BCUT2D eigenvalue weighted by molar-refractivity contribution is 14.0. The normalized spacial score (nSPS) is 23.5. The van der Waals surface area contributed by atoms with Gasteiger partial charge in [-0.15, -0.1) is 24.0 Å². The maximum Gasteiger partial charge on any atom is 0.194 e. The van der Waals surface area contributed by atoms with Crippen molar-refractivity contribution in [2.45, 2.75) is 25.4 Å². The number of hydrogen-bond acceptors (Lipinski definition) is 3. The number of anilines is 1. The van der Waals surface area contributed by atoms with Crippen LogP contribution >= 0.6 is 24.0 Å². The quantitative estimate of drug-likeness (QED) is 0.490. The molecule has 1 fully saturated rings. The second-order valence-corrected chi connectivity index (χ2v) is 4.44. The third-order valence-electron chi connectivity index (χ3n) is 2.81. The third-order valence-corrected chi connectivity index (χ3v) is 2.81. The Labute approximate surface area is 124 Å². The van der Waals surface area contributed by atoms with Crippen molar-refractivity contribution >= 4 is 35.8 Å². The molecule has 0 spiro atoms. The molecule has 2 rings (SSSR count). The lowest BCUT2D eigenvalue weighted by molar-refractivity contribution is 0.0284. The topological polar surface area (TPSA) is 72.5 Å². The van der Waals surface area contributed by atoms with Crippen LogP contribution in [-0.4, -0.2) is 29.7 Å². The van der Waals surface area contributed by atoms with Gasteiger partial charge in [0, 0.05) is 12.8 Å². The van der Waals surface area contributed by atoms with Crippen molar-refractivity contribution in [3.63, 3.8) is 0 Å². The van der Waals surface area contributed by atoms with E-state index in [4.69, 9.17) is 10.5 Å². The van der Waals surface area contributed by atoms with Gasteiger partial charge in [0.05, 0.1) is 12.1 Å². The van der Waals surface area contributed by atoms with Gasteiger partial charge in [-0.3, -0.25) is 4.99 Å². The van der Waals surface area contributed by atoms with E-state index in [0.717, 1.165) is 19.4 Å². The predicted octanol–water partition coefficient (Wildman–Crippen LogP) is 2.00. The van der Waals surface area contributed by atoms with Gasteiger partial charge in [-0.1, -0.05) is 6.07 Å². The van der Waals surface area contributed by atoms with Gasteiger partial charge in [-0.25, -0.2) is 4.98 Å². The molecule has 0 aliphatic carbocycles. The van der Waals surface area contributed by atoms with Gasteiger partial charge in [0.1, 0.15) is 5.82 Å². The molecule has 2 heterocycles. The zero-order chi connectivity index (χ0) is 12.1. The van der Waals surface area contributed by atoms with Crippen molar-refractivity contribution in [2.75, 3.05) is 18.5 Å². The number of nitrogens with two attached hydrogens (primary N) is 1. The van der Waals surface area contributed by atoms with Crippen LogP contribution in [0.2, 0.25) is 0 Å². The molecule has 18 heavy (non-hydrogen) atoms. The van der Waals surface area contributed by atoms with Gasteiger partial charge in [-0.2, -0.15) is 0 Å². The summed E-state index contributed by atoms with van der Waals surface area (Å²) in [5.74, 6) is 1.08. The second-order valence-electron chi connectivity index (χ2n) is 4.44. The van der Waals surface area contributed by atoms with Gasteiger partial charge in [0.2, 0.25) is 0 Å². The van der Waals surface area contributed by atoms with Crippen molar-refractivity contribution in [1.29, 1.82) is 0 Å². The molecule has 6 heteroatoms. The Bertz CT molecular complexity index is 390. The smallest absolute Gasteiger partial charge is 0.194 e. The zero-order valence-electron chi connectivity index (χ0n) is 10.4. The molecule has 0 saturated carbocycles. The Kier molecular flexibility index (Phi) is 5.80. The summed E-state index contributed by atoms with van der Waals surface area (Å²) in [5.41, 5.74) is 5.63. The van der Waals surface area contributed by atoms with E-state index in [1.54, 1.807) is 6.20 Å². The first-order valence-corrected chi connectivity index (χ1v) is 5.80. The predicted molar refractivity (Wildman–Crippen MR) is 83.4 cm³/mol. The van der Waals surface area contributed by atoms with E-state index < -0.39 is 0 Å². The highest BCUT2D eigenvalue weighted by Gasteiger charge is 2.29. The molecule has 0 bridgehead atoms. The summed E-state index contributed by atoms with van der Waals surface area (Å²) in [4.78, 5) is 8.40. The van der Waals surface area contributed by atoms with Crippen molar-refractivity contribution in [2.24, 2.45) is 10.7 Å². The van der Waals surface area contributed by atoms with E-state index in [2.05, 4.69) is 22.2 Å². The standard InChI is InChI=1S/C12H18N4O.HI/c1-12(6-4-8-17-12)9-15-11(13)16-10-5-2-3-7-14-10;/h2-3,5,7H,4,6,8-9H2,1H3,(H3,13,14,15,16);1H. The van der Waals surface area contributed by atoms with E-state index in [1.165, 1.54) is 0 Å². The molecular weight excluding hydrogens is 343 g/mol. The van der Waals surface area contributed by atoms with Crippen LogP contribution in [0.25, 0.3) is 0 Å². The van der Waals surface area contributed by atoms with Crippen LogP contribution in [0.15, 0.2) is 29.4 Å². The molecule has 1 aromatic heterocycles. The van der Waals surface area contributed by atoms with Gasteiger partial charge < -0.3 is 15.8 Å². The van der Waals surface area contributed by atoms with Gasteiger partial charge >= 0.3 is 0 Å². The molecule has 1 atom stereocenters. The molecule has 1 saturated heterocycles. The number of halogens is 1. The molecule has 1 unspecified atom stereocenters. The Hall–Kier alpha value is -0.890. The molecular formula is C12H19IN4O. The molecule has 1 aromatic rings. The van der Waals surface area contributed by atoms with Gasteiger partial charge in [0.15, 0.2) is 5.96 Å². The van der Waals surface area contributed by atoms with Crippen molar-refractivity contribution in [1.82, 2.24) is 4.98 Å². The lowest BCUT2D eigenvalue weighted by Gasteiger charge is -2.20. The molecule has 5 nitrogen and oxygen atoms in total. The average Bonchev–Trinajstić information content (AvgIpc) is 2.76. The van der Waals surface area contributed by atoms with E-state index in [9.17, 15) is 0 Å². The number of aromatic nitrogens is 1. The largest absolute Gasteiger partial charge is 0.373 e. The highest BCUT2D eigenvalue weighted by Crippen LogP contribution is 2.24. The van der Waals surface area contributed by atoms with E-state index in [0.29, 0.717) is 18.3 Å². The van der Waals surface area contributed by atoms with Gasteiger partial charge in [-0.05, 0) is 31.9 Å². The number of pyridine rings is 1. The van der Waals surface area contributed by atoms with Crippen LogP contribution in [0, 0.1) is 0 Å². The van der Waals surface area contributed by atoms with Crippen molar-refractivity contribution < 1.29 is 4.74 Å². The summed E-state index contributed by atoms with van der Waals surface area (Å²) < 4.78 is 5.64. The van der Waals surface area contributed by atoms with Gasteiger partial charge in [0.25, 0.3) is 0 Å². The van der Waals surface area contributed by atoms with E-state index in [-0.39, 0.29) is 29.6 Å². The summed E-state index contributed by atoms with van der Waals surface area (Å²) in [7, 11) is 0. The molecule has 0 radical (unpaired) electrons. The lowest BCUT2D eigenvalue weighted by Crippen LogP contribution is -2.31. The van der Waals surface area contributed by atoms with Crippen LogP contribution in [0.5, 0.6) is 0 Å². The maximum atomic E-state index is 5.79. The molecule has 1 aliphatic rings. The summed E-state index contributed by atoms with van der Waals surface area (Å²) in [6.45, 7) is 3.47. The Morgan fingerprint density at radius 3 is 3.06 bits per heavy atom. The monoisotopic (exact) mass is 362 g/mol. The molecule has 3 N–H and O–H groups in total. The SMILES string of the molecule is CC1(CN=C(N)Nc2ccccn2)CCCO1.I. The molecule has 1 aliphatic heterocycles. The second kappa shape index (κ2) is 6.89. The molecule has 0 amide bonds. The number of nitrogens with one attached hydrogen (secondary N) is 1. The van der Waals surface area contributed by atoms with Crippen LogP contribution in [0.3, 0.4) is 0 Å². The number of guanidine groups is 1. The summed E-state index contributed by atoms with van der Waals surface area (Å²) in [5, 5.41) is 2.94. The number of rotatable bonds is 3. The molecule has 0 aromatic carbocycles. The minimum absolute atomic E-state index is 0. The zero-order valence-corrected chi connectivity index (χ0v) is 12.8. The Balaban J connectivity index is 0.00000162. The first kappa shape index (κ1) is 15.2. The van der Waals surface area contributed by atoms with Crippen LogP contribution in [0.1, 0.15) is 19.8 Å². The fourth-order valence-electron chi connectivity index (χ4n) is 1.82. The highest BCUT2D eigenvalue weighted by atomic mass is 127. The fraction of sp³-hybridized carbons (Fsp3) is 0.500. The minimum atomic E-state index is -0.156. The first-order valence-electron chi connectivity index (χ1n) is 5.80. The van der Waals surface area contributed by atoms with Crippen LogP contribution in [0.4, 0.5) is 5.82 Å². The number of ether oxygens (including phenoxy) is 1. The third kappa shape index (κ3) is 4.41. The summed E-state index contributed by atoms with van der Waals surface area (Å²) >= 11 is 0. The maximum absolute atomic E-state index is 5.79. The minimum Gasteiger partial charge on any atom is -0.373 e.